The molecule has 0 aromatic rings. The minimum atomic E-state index is 0.360. The summed E-state index contributed by atoms with van der Waals surface area (Å²) < 4.78 is 5.73. The first kappa shape index (κ1) is 6.66. The lowest BCUT2D eigenvalue weighted by Crippen LogP contribution is -2.37. The van der Waals surface area contributed by atoms with E-state index in [4.69, 9.17) is 4.74 Å². The predicted molar refractivity (Wildman–Crippen MR) is 40.9 cm³/mol. The fourth-order valence-electron chi connectivity index (χ4n) is 2.49. The van der Waals surface area contributed by atoms with Gasteiger partial charge in [0, 0.05) is 0 Å². The molecule has 0 amide bonds. The van der Waals surface area contributed by atoms with Gasteiger partial charge in [-0.3, -0.25) is 0 Å². The summed E-state index contributed by atoms with van der Waals surface area (Å²) in [5, 5.41) is 0. The molecular weight excluding hydrogens is 124 g/mol. The van der Waals surface area contributed by atoms with Gasteiger partial charge >= 0.3 is 0 Å². The monoisotopic (exact) mass is 140 g/mol. The molecule has 0 unspecified atom stereocenters. The summed E-state index contributed by atoms with van der Waals surface area (Å²) in [5.74, 6) is 1.73. The second-order valence-corrected chi connectivity index (χ2v) is 4.37. The van der Waals surface area contributed by atoms with E-state index >= 15 is 0 Å². The van der Waals surface area contributed by atoms with Gasteiger partial charge < -0.3 is 4.74 Å². The second-order valence-electron chi connectivity index (χ2n) is 4.37. The van der Waals surface area contributed by atoms with Crippen LogP contribution in [0.5, 0.6) is 0 Å². The van der Waals surface area contributed by atoms with Crippen LogP contribution in [0.2, 0.25) is 0 Å². The normalized spacial score (nSPS) is 44.1. The zero-order chi connectivity index (χ0) is 7.19. The topological polar surface area (TPSA) is 9.23 Å². The third kappa shape index (κ3) is 0.878. The van der Waals surface area contributed by atoms with Crippen LogP contribution in [0.15, 0.2) is 0 Å². The Morgan fingerprint density at radius 3 is 2.60 bits per heavy atom. The molecule has 3 rings (SSSR count). The van der Waals surface area contributed by atoms with Gasteiger partial charge in [0.05, 0.1) is 12.2 Å². The van der Waals surface area contributed by atoms with Crippen molar-refractivity contribution in [1.29, 1.82) is 0 Å². The van der Waals surface area contributed by atoms with Crippen LogP contribution < -0.4 is 0 Å². The van der Waals surface area contributed by atoms with Gasteiger partial charge in [-0.2, -0.15) is 0 Å². The predicted octanol–water partition coefficient (Wildman–Crippen LogP) is 2.21. The van der Waals surface area contributed by atoms with Crippen molar-refractivity contribution in [2.24, 2.45) is 11.8 Å². The Morgan fingerprint density at radius 1 is 1.50 bits per heavy atom. The molecule has 1 saturated carbocycles. The van der Waals surface area contributed by atoms with Crippen LogP contribution in [0.25, 0.3) is 0 Å². The van der Waals surface area contributed by atoms with Gasteiger partial charge in [-0.1, -0.05) is 13.8 Å². The van der Waals surface area contributed by atoms with E-state index in [0.717, 1.165) is 18.4 Å². The molecule has 3 aliphatic rings. The Kier molecular flexibility index (Phi) is 1.31. The second kappa shape index (κ2) is 1.97. The first-order valence-electron chi connectivity index (χ1n) is 4.34. The molecular formula is C9H16O. The third-order valence-corrected chi connectivity index (χ3v) is 2.73. The summed E-state index contributed by atoms with van der Waals surface area (Å²) in [4.78, 5) is 0. The maximum Gasteiger partial charge on any atom is 0.0692 e. The van der Waals surface area contributed by atoms with Crippen LogP contribution in [0.4, 0.5) is 0 Å². The van der Waals surface area contributed by atoms with E-state index in [-0.39, 0.29) is 0 Å². The van der Waals surface area contributed by atoms with E-state index < -0.39 is 0 Å². The number of hydrogen-bond acceptors (Lipinski definition) is 1. The SMILES string of the molecule is CC(C)CC12CC(CO1)C2. The molecule has 1 nitrogen and oxygen atoms in total. The Bertz CT molecular complexity index is 128. The summed E-state index contributed by atoms with van der Waals surface area (Å²) in [6, 6.07) is 0. The van der Waals surface area contributed by atoms with Crippen molar-refractivity contribution >= 4 is 0 Å². The molecule has 0 aromatic carbocycles. The summed E-state index contributed by atoms with van der Waals surface area (Å²) in [6.07, 6.45) is 3.99. The highest BCUT2D eigenvalue weighted by Crippen LogP contribution is 2.51. The van der Waals surface area contributed by atoms with Gasteiger partial charge in [-0.05, 0) is 31.1 Å². The number of rotatable bonds is 2. The molecule has 0 radical (unpaired) electrons. The van der Waals surface area contributed by atoms with E-state index in [1.807, 2.05) is 0 Å². The Hall–Kier alpha value is -0.0400. The van der Waals surface area contributed by atoms with E-state index in [9.17, 15) is 0 Å². The molecule has 58 valence electrons. The molecule has 2 saturated heterocycles. The van der Waals surface area contributed by atoms with Gasteiger partial charge in [0.2, 0.25) is 0 Å². The lowest BCUT2D eigenvalue weighted by atomic mass is 9.71. The highest BCUT2D eigenvalue weighted by atomic mass is 16.5. The van der Waals surface area contributed by atoms with Crippen molar-refractivity contribution in [3.8, 4) is 0 Å². The molecule has 2 aliphatic heterocycles. The minimum Gasteiger partial charge on any atom is -0.375 e. The van der Waals surface area contributed by atoms with Gasteiger partial charge in [0.1, 0.15) is 0 Å². The lowest BCUT2D eigenvalue weighted by Gasteiger charge is -2.37. The van der Waals surface area contributed by atoms with Crippen LogP contribution in [0, 0.1) is 11.8 Å². The van der Waals surface area contributed by atoms with Crippen molar-refractivity contribution < 1.29 is 4.74 Å². The van der Waals surface area contributed by atoms with E-state index in [2.05, 4.69) is 13.8 Å². The van der Waals surface area contributed by atoms with Crippen molar-refractivity contribution in [2.75, 3.05) is 6.61 Å². The fraction of sp³-hybridized carbons (Fsp3) is 1.00. The summed E-state index contributed by atoms with van der Waals surface area (Å²) >= 11 is 0. The van der Waals surface area contributed by atoms with Crippen LogP contribution in [0.3, 0.4) is 0 Å². The molecule has 0 N–H and O–H groups in total. The largest absolute Gasteiger partial charge is 0.375 e. The quantitative estimate of drug-likeness (QED) is 0.571. The van der Waals surface area contributed by atoms with Crippen molar-refractivity contribution in [3.63, 3.8) is 0 Å². The molecule has 1 heteroatoms. The summed E-state index contributed by atoms with van der Waals surface area (Å²) in [7, 11) is 0. The molecule has 3 fully saturated rings. The first-order chi connectivity index (χ1) is 4.70. The third-order valence-electron chi connectivity index (χ3n) is 2.73. The molecule has 0 aromatic heterocycles. The Morgan fingerprint density at radius 2 is 2.20 bits per heavy atom. The van der Waals surface area contributed by atoms with Gasteiger partial charge in [-0.25, -0.2) is 0 Å². The van der Waals surface area contributed by atoms with Crippen LogP contribution in [-0.4, -0.2) is 12.2 Å². The molecule has 1 aliphatic carbocycles. The highest BCUT2D eigenvalue weighted by Gasteiger charge is 2.51. The van der Waals surface area contributed by atoms with Crippen LogP contribution in [-0.2, 0) is 4.74 Å². The summed E-state index contributed by atoms with van der Waals surface area (Å²) in [6.45, 7) is 5.61. The standard InChI is InChI=1S/C9H16O/c1-7(2)3-9-4-8(5-9)6-10-9/h7-8H,3-6H2,1-2H3. The maximum atomic E-state index is 5.73. The molecule has 2 heterocycles. The molecule has 2 bridgehead atoms. The zero-order valence-electron chi connectivity index (χ0n) is 6.89. The average Bonchev–Trinajstić information content (AvgIpc) is 2.18. The summed E-state index contributed by atoms with van der Waals surface area (Å²) in [5.41, 5.74) is 0.360. The number of hydrogen-bond donors (Lipinski definition) is 0. The Labute approximate surface area is 62.8 Å². The van der Waals surface area contributed by atoms with Crippen LogP contribution >= 0.6 is 0 Å². The van der Waals surface area contributed by atoms with Gasteiger partial charge in [0.15, 0.2) is 0 Å². The lowest BCUT2D eigenvalue weighted by molar-refractivity contribution is -0.0159. The average molecular weight is 140 g/mol. The maximum absolute atomic E-state index is 5.73. The van der Waals surface area contributed by atoms with Crippen molar-refractivity contribution in [3.05, 3.63) is 0 Å². The van der Waals surface area contributed by atoms with Gasteiger partial charge in [0.25, 0.3) is 0 Å². The zero-order valence-corrected chi connectivity index (χ0v) is 6.89. The highest BCUT2D eigenvalue weighted by molar-refractivity contribution is 5.01. The molecule has 0 atom stereocenters. The molecule has 10 heavy (non-hydrogen) atoms. The van der Waals surface area contributed by atoms with Crippen molar-refractivity contribution in [1.82, 2.24) is 0 Å². The smallest absolute Gasteiger partial charge is 0.0692 e. The van der Waals surface area contributed by atoms with Crippen molar-refractivity contribution in [2.45, 2.75) is 38.7 Å². The number of ether oxygens (including phenoxy) is 1. The van der Waals surface area contributed by atoms with E-state index in [1.54, 1.807) is 0 Å². The first-order valence-corrected chi connectivity index (χ1v) is 4.34. The Balaban J connectivity index is 1.92. The van der Waals surface area contributed by atoms with Gasteiger partial charge in [-0.15, -0.1) is 0 Å². The van der Waals surface area contributed by atoms with Crippen LogP contribution in [0.1, 0.15) is 33.1 Å². The minimum absolute atomic E-state index is 0.360. The van der Waals surface area contributed by atoms with E-state index in [1.165, 1.54) is 19.3 Å². The molecule has 0 spiro atoms. The fourth-order valence-corrected chi connectivity index (χ4v) is 2.49. The van der Waals surface area contributed by atoms with E-state index in [0.29, 0.717) is 5.60 Å². The number of fused-ring (bicyclic) bond motifs is 1.